The molecule has 0 heterocycles. The first-order valence-electron chi connectivity index (χ1n) is 8.34. The van der Waals surface area contributed by atoms with Crippen LogP contribution in [-0.4, -0.2) is 40.9 Å². The Morgan fingerprint density at radius 3 is 2.38 bits per heavy atom. The van der Waals surface area contributed by atoms with Crippen LogP contribution in [0.5, 0.6) is 0 Å². The van der Waals surface area contributed by atoms with Crippen LogP contribution in [-0.2, 0) is 9.59 Å². The number of carbonyl (C=O) groups is 3. The molecule has 1 aromatic carbocycles. The van der Waals surface area contributed by atoms with E-state index in [2.05, 4.69) is 5.32 Å². The van der Waals surface area contributed by atoms with Crippen molar-refractivity contribution >= 4 is 23.5 Å². The van der Waals surface area contributed by atoms with Crippen molar-refractivity contribution in [2.24, 2.45) is 5.41 Å². The lowest BCUT2D eigenvalue weighted by atomic mass is 9.66. The Labute approximate surface area is 141 Å². The minimum absolute atomic E-state index is 0.0312. The second-order valence-electron chi connectivity index (χ2n) is 6.22. The van der Waals surface area contributed by atoms with Gasteiger partial charge in [-0.1, -0.05) is 12.5 Å². The summed E-state index contributed by atoms with van der Waals surface area (Å²) in [4.78, 5) is 37.6. The summed E-state index contributed by atoms with van der Waals surface area (Å²) in [6.45, 7) is 5.06. The van der Waals surface area contributed by atoms with E-state index in [-0.39, 0.29) is 18.2 Å². The van der Waals surface area contributed by atoms with Crippen LogP contribution in [0.1, 0.15) is 49.9 Å². The van der Waals surface area contributed by atoms with Gasteiger partial charge in [0.05, 0.1) is 5.41 Å². The summed E-state index contributed by atoms with van der Waals surface area (Å²) in [5, 5.41) is 12.0. The molecule has 1 saturated carbocycles. The Morgan fingerprint density at radius 2 is 1.88 bits per heavy atom. The molecule has 0 unspecified atom stereocenters. The van der Waals surface area contributed by atoms with Gasteiger partial charge in [0.1, 0.15) is 0 Å². The maximum absolute atomic E-state index is 12.4. The van der Waals surface area contributed by atoms with Gasteiger partial charge in [-0.2, -0.15) is 0 Å². The van der Waals surface area contributed by atoms with E-state index in [1.165, 1.54) is 0 Å². The highest BCUT2D eigenvalue weighted by Gasteiger charge is 2.45. The van der Waals surface area contributed by atoms with E-state index >= 15 is 0 Å². The van der Waals surface area contributed by atoms with Gasteiger partial charge in [-0.15, -0.1) is 0 Å². The van der Waals surface area contributed by atoms with Crippen LogP contribution in [0.15, 0.2) is 24.3 Å². The molecule has 1 aliphatic carbocycles. The van der Waals surface area contributed by atoms with Gasteiger partial charge >= 0.3 is 5.97 Å². The summed E-state index contributed by atoms with van der Waals surface area (Å²) >= 11 is 0. The van der Waals surface area contributed by atoms with Crippen LogP contribution in [0.25, 0.3) is 0 Å². The Bertz CT molecular complexity index is 634. The first-order chi connectivity index (χ1) is 11.4. The number of hydrogen-bond acceptors (Lipinski definition) is 3. The zero-order chi connectivity index (χ0) is 17.7. The smallest absolute Gasteiger partial charge is 0.310 e. The molecule has 0 radical (unpaired) electrons. The third kappa shape index (κ3) is 3.75. The fourth-order valence-corrected chi connectivity index (χ4v) is 3.01. The summed E-state index contributed by atoms with van der Waals surface area (Å²) in [6.07, 6.45) is 1.89. The third-order valence-electron chi connectivity index (χ3n) is 4.71. The third-order valence-corrected chi connectivity index (χ3v) is 4.71. The number of nitrogens with zero attached hydrogens (tertiary/aromatic N) is 1. The largest absolute Gasteiger partial charge is 0.481 e. The van der Waals surface area contributed by atoms with Gasteiger partial charge in [-0.3, -0.25) is 14.4 Å². The molecule has 1 fully saturated rings. The quantitative estimate of drug-likeness (QED) is 0.804. The van der Waals surface area contributed by atoms with Crippen molar-refractivity contribution in [3.63, 3.8) is 0 Å². The number of benzene rings is 1. The lowest BCUT2D eigenvalue weighted by Crippen LogP contribution is -2.41. The van der Waals surface area contributed by atoms with Gasteiger partial charge in [0.15, 0.2) is 0 Å². The number of carbonyl (C=O) groups excluding carboxylic acids is 2. The predicted molar refractivity (Wildman–Crippen MR) is 90.9 cm³/mol. The Morgan fingerprint density at radius 1 is 1.21 bits per heavy atom. The minimum Gasteiger partial charge on any atom is -0.481 e. The van der Waals surface area contributed by atoms with E-state index in [0.29, 0.717) is 37.2 Å². The molecule has 0 aliphatic heterocycles. The SMILES string of the molecule is CCN(CC)C(=O)c1cccc(NC(=O)CC2(C(=O)O)CCC2)c1. The van der Waals surface area contributed by atoms with E-state index < -0.39 is 11.4 Å². The molecule has 2 rings (SSSR count). The average molecular weight is 332 g/mol. The molecule has 6 nitrogen and oxygen atoms in total. The monoisotopic (exact) mass is 332 g/mol. The Kier molecular flexibility index (Phi) is 5.59. The van der Waals surface area contributed by atoms with E-state index in [4.69, 9.17) is 0 Å². The zero-order valence-corrected chi connectivity index (χ0v) is 14.2. The van der Waals surface area contributed by atoms with Crippen molar-refractivity contribution in [3.8, 4) is 0 Å². The normalized spacial score (nSPS) is 15.2. The minimum atomic E-state index is -0.918. The number of hydrogen-bond donors (Lipinski definition) is 2. The number of amides is 2. The molecule has 0 atom stereocenters. The summed E-state index contributed by atoms with van der Waals surface area (Å²) in [6, 6.07) is 6.75. The lowest BCUT2D eigenvalue weighted by Gasteiger charge is -2.36. The van der Waals surface area contributed by atoms with Crippen molar-refractivity contribution in [2.75, 3.05) is 18.4 Å². The molecule has 1 aromatic rings. The molecule has 1 aliphatic rings. The second kappa shape index (κ2) is 7.47. The van der Waals surface area contributed by atoms with Crippen LogP contribution >= 0.6 is 0 Å². The zero-order valence-electron chi connectivity index (χ0n) is 14.2. The van der Waals surface area contributed by atoms with E-state index in [9.17, 15) is 19.5 Å². The molecule has 130 valence electrons. The predicted octanol–water partition coefficient (Wildman–Crippen LogP) is 2.75. The van der Waals surface area contributed by atoms with Crippen molar-refractivity contribution in [2.45, 2.75) is 39.5 Å². The molecule has 6 heteroatoms. The highest BCUT2D eigenvalue weighted by Crippen LogP contribution is 2.44. The first-order valence-corrected chi connectivity index (χ1v) is 8.34. The number of anilines is 1. The van der Waals surface area contributed by atoms with Crippen molar-refractivity contribution < 1.29 is 19.5 Å². The van der Waals surface area contributed by atoms with Crippen LogP contribution in [0.2, 0.25) is 0 Å². The maximum Gasteiger partial charge on any atom is 0.310 e. The molecule has 0 aromatic heterocycles. The van der Waals surface area contributed by atoms with Gasteiger partial charge < -0.3 is 15.3 Å². The van der Waals surface area contributed by atoms with E-state index in [1.807, 2.05) is 13.8 Å². The molecule has 0 spiro atoms. The van der Waals surface area contributed by atoms with Crippen LogP contribution in [0.3, 0.4) is 0 Å². The summed E-state index contributed by atoms with van der Waals surface area (Å²) in [7, 11) is 0. The van der Waals surface area contributed by atoms with Crippen LogP contribution in [0.4, 0.5) is 5.69 Å². The highest BCUT2D eigenvalue weighted by molar-refractivity contribution is 5.98. The summed E-state index contributed by atoms with van der Waals surface area (Å²) < 4.78 is 0. The lowest BCUT2D eigenvalue weighted by molar-refractivity contribution is -0.157. The molecule has 2 N–H and O–H groups in total. The molecule has 2 amide bonds. The van der Waals surface area contributed by atoms with Crippen molar-refractivity contribution in [3.05, 3.63) is 29.8 Å². The number of carboxylic acids is 1. The van der Waals surface area contributed by atoms with E-state index in [1.54, 1.807) is 29.2 Å². The number of aliphatic carboxylic acids is 1. The fourth-order valence-electron chi connectivity index (χ4n) is 3.01. The van der Waals surface area contributed by atoms with Crippen LogP contribution in [0, 0.1) is 5.41 Å². The second-order valence-corrected chi connectivity index (χ2v) is 6.22. The van der Waals surface area contributed by atoms with Gasteiger partial charge in [0.25, 0.3) is 5.91 Å². The molecule has 24 heavy (non-hydrogen) atoms. The molecular formula is C18H24N2O4. The fraction of sp³-hybridized carbons (Fsp3) is 0.500. The number of nitrogens with one attached hydrogen (secondary N) is 1. The number of carboxylic acid groups (broad SMARTS) is 1. The van der Waals surface area contributed by atoms with Crippen molar-refractivity contribution in [1.29, 1.82) is 0 Å². The standard InChI is InChI=1S/C18H24N2O4/c1-3-20(4-2)16(22)13-7-5-8-14(11-13)19-15(21)12-18(17(23)24)9-6-10-18/h5,7-8,11H,3-4,6,9-10,12H2,1-2H3,(H,19,21)(H,23,24). The maximum atomic E-state index is 12.4. The first kappa shape index (κ1) is 18.0. The van der Waals surface area contributed by atoms with Crippen LogP contribution < -0.4 is 5.32 Å². The topological polar surface area (TPSA) is 86.7 Å². The summed E-state index contributed by atoms with van der Waals surface area (Å²) in [5.74, 6) is -1.32. The highest BCUT2D eigenvalue weighted by atomic mass is 16.4. The van der Waals surface area contributed by atoms with Crippen molar-refractivity contribution in [1.82, 2.24) is 4.90 Å². The Balaban J connectivity index is 2.05. The Hall–Kier alpha value is -2.37. The number of rotatable bonds is 7. The van der Waals surface area contributed by atoms with E-state index in [0.717, 1.165) is 6.42 Å². The van der Waals surface area contributed by atoms with Gasteiger partial charge in [-0.25, -0.2) is 0 Å². The summed E-state index contributed by atoms with van der Waals surface area (Å²) in [5.41, 5.74) is 0.101. The van der Waals surface area contributed by atoms with Gasteiger partial charge in [0, 0.05) is 30.8 Å². The molecular weight excluding hydrogens is 308 g/mol. The van der Waals surface area contributed by atoms with Gasteiger partial charge in [-0.05, 0) is 44.9 Å². The average Bonchev–Trinajstić information content (AvgIpc) is 2.52. The molecule has 0 saturated heterocycles. The van der Waals surface area contributed by atoms with Gasteiger partial charge in [0.2, 0.25) is 5.91 Å². The molecule has 0 bridgehead atoms.